The van der Waals surface area contributed by atoms with Crippen molar-refractivity contribution in [3.05, 3.63) is 0 Å². The summed E-state index contributed by atoms with van der Waals surface area (Å²) in [6.45, 7) is 2.50. The molecule has 0 spiro atoms. The molecule has 0 aliphatic heterocycles. The molecular formula is C11H19F3O3. The Morgan fingerprint density at radius 2 is 1.94 bits per heavy atom. The summed E-state index contributed by atoms with van der Waals surface area (Å²) >= 11 is 0. The maximum Gasteiger partial charge on any atom is 0.411 e. The summed E-state index contributed by atoms with van der Waals surface area (Å²) in [6, 6.07) is 0. The molecule has 0 aromatic rings. The normalized spacial score (nSPS) is 14.0. The average molecular weight is 256 g/mol. The lowest BCUT2D eigenvalue weighted by atomic mass is 9.93. The second kappa shape index (κ2) is 7.53. The predicted octanol–water partition coefficient (Wildman–Crippen LogP) is 3.09. The molecule has 1 N–H and O–H groups in total. The van der Waals surface area contributed by atoms with Gasteiger partial charge in [0.2, 0.25) is 0 Å². The van der Waals surface area contributed by atoms with E-state index in [2.05, 4.69) is 4.74 Å². The minimum atomic E-state index is -4.32. The third kappa shape index (κ3) is 10.1. The van der Waals surface area contributed by atoms with Gasteiger partial charge in [0, 0.05) is 6.61 Å². The van der Waals surface area contributed by atoms with Crippen LogP contribution in [-0.4, -0.2) is 30.5 Å². The van der Waals surface area contributed by atoms with Gasteiger partial charge in [-0.1, -0.05) is 13.8 Å². The molecule has 102 valence electrons. The van der Waals surface area contributed by atoms with E-state index in [1.54, 1.807) is 0 Å². The van der Waals surface area contributed by atoms with Crippen molar-refractivity contribution < 1.29 is 27.8 Å². The van der Waals surface area contributed by atoms with Crippen LogP contribution in [0, 0.1) is 11.8 Å². The number of carboxylic acids is 1. The van der Waals surface area contributed by atoms with Gasteiger partial charge in [-0.05, 0) is 25.2 Å². The Hall–Kier alpha value is -0.780. The molecule has 0 aromatic heterocycles. The average Bonchev–Trinajstić information content (AvgIpc) is 2.12. The van der Waals surface area contributed by atoms with Gasteiger partial charge in [-0.2, -0.15) is 13.2 Å². The highest BCUT2D eigenvalue weighted by molar-refractivity contribution is 5.69. The van der Waals surface area contributed by atoms with Crippen molar-refractivity contribution in [3.63, 3.8) is 0 Å². The van der Waals surface area contributed by atoms with Crippen LogP contribution in [0.2, 0.25) is 0 Å². The molecule has 0 radical (unpaired) electrons. The van der Waals surface area contributed by atoms with E-state index in [1.165, 1.54) is 0 Å². The zero-order chi connectivity index (χ0) is 13.5. The van der Waals surface area contributed by atoms with E-state index >= 15 is 0 Å². The first-order valence-electron chi connectivity index (χ1n) is 5.59. The number of alkyl halides is 3. The fourth-order valence-electron chi connectivity index (χ4n) is 1.53. The molecule has 0 bridgehead atoms. The number of aliphatic carboxylic acids is 1. The molecule has 0 fully saturated rings. The fraction of sp³-hybridized carbons (Fsp3) is 0.909. The van der Waals surface area contributed by atoms with Gasteiger partial charge in [-0.3, -0.25) is 4.79 Å². The molecule has 0 saturated carbocycles. The molecule has 0 aromatic carbocycles. The monoisotopic (exact) mass is 256 g/mol. The van der Waals surface area contributed by atoms with Crippen molar-refractivity contribution in [2.45, 2.75) is 39.3 Å². The first-order chi connectivity index (χ1) is 7.72. The van der Waals surface area contributed by atoms with Crippen LogP contribution in [0.3, 0.4) is 0 Å². The van der Waals surface area contributed by atoms with Crippen LogP contribution in [0.25, 0.3) is 0 Å². The van der Waals surface area contributed by atoms with Crippen LogP contribution in [0.1, 0.15) is 33.1 Å². The van der Waals surface area contributed by atoms with Crippen LogP contribution in [0.4, 0.5) is 13.2 Å². The first-order valence-corrected chi connectivity index (χ1v) is 5.59. The quantitative estimate of drug-likeness (QED) is 0.679. The van der Waals surface area contributed by atoms with Crippen LogP contribution >= 0.6 is 0 Å². The minimum Gasteiger partial charge on any atom is -0.481 e. The molecule has 1 atom stereocenters. The van der Waals surface area contributed by atoms with E-state index in [-0.39, 0.29) is 12.5 Å². The summed E-state index contributed by atoms with van der Waals surface area (Å²) in [6.07, 6.45) is -3.09. The third-order valence-electron chi connectivity index (χ3n) is 2.21. The second-order valence-corrected chi connectivity index (χ2v) is 4.47. The van der Waals surface area contributed by atoms with E-state index in [4.69, 9.17) is 5.11 Å². The third-order valence-corrected chi connectivity index (χ3v) is 2.21. The molecule has 0 aliphatic rings. The van der Waals surface area contributed by atoms with Crippen LogP contribution in [0.15, 0.2) is 0 Å². The van der Waals surface area contributed by atoms with Crippen molar-refractivity contribution in [3.8, 4) is 0 Å². The lowest BCUT2D eigenvalue weighted by Gasteiger charge is -2.14. The largest absolute Gasteiger partial charge is 0.481 e. The Kier molecular flexibility index (Phi) is 7.18. The number of rotatable bonds is 8. The fourth-order valence-corrected chi connectivity index (χ4v) is 1.53. The summed E-state index contributed by atoms with van der Waals surface area (Å²) in [7, 11) is 0. The highest BCUT2D eigenvalue weighted by Crippen LogP contribution is 2.18. The number of carboxylic acid groups (broad SMARTS) is 1. The van der Waals surface area contributed by atoms with Crippen molar-refractivity contribution in [1.82, 2.24) is 0 Å². The molecule has 3 nitrogen and oxygen atoms in total. The van der Waals surface area contributed by atoms with E-state index < -0.39 is 24.7 Å². The van der Waals surface area contributed by atoms with Crippen molar-refractivity contribution in [2.75, 3.05) is 13.2 Å². The smallest absolute Gasteiger partial charge is 0.411 e. The minimum absolute atomic E-state index is 0.0542. The van der Waals surface area contributed by atoms with Gasteiger partial charge in [-0.15, -0.1) is 0 Å². The van der Waals surface area contributed by atoms with Gasteiger partial charge in [0.05, 0.1) is 5.92 Å². The summed E-state index contributed by atoms with van der Waals surface area (Å²) in [5, 5.41) is 8.89. The summed E-state index contributed by atoms with van der Waals surface area (Å²) in [5.41, 5.74) is 0. The van der Waals surface area contributed by atoms with Gasteiger partial charge >= 0.3 is 12.1 Å². The highest BCUT2D eigenvalue weighted by atomic mass is 19.4. The van der Waals surface area contributed by atoms with E-state index in [1.807, 2.05) is 13.8 Å². The zero-order valence-corrected chi connectivity index (χ0v) is 10.1. The molecule has 1 unspecified atom stereocenters. The Morgan fingerprint density at radius 1 is 1.35 bits per heavy atom. The zero-order valence-electron chi connectivity index (χ0n) is 10.1. The molecule has 6 heteroatoms. The first kappa shape index (κ1) is 16.2. The molecule has 0 saturated heterocycles. The molecular weight excluding hydrogens is 237 g/mol. The number of carbonyl (C=O) groups is 1. The second-order valence-electron chi connectivity index (χ2n) is 4.47. The van der Waals surface area contributed by atoms with E-state index in [0.29, 0.717) is 19.3 Å². The Bertz CT molecular complexity index is 226. The number of hydrogen-bond acceptors (Lipinski definition) is 2. The SMILES string of the molecule is CC(C)CC(CCCOCC(F)(F)F)C(=O)O. The lowest BCUT2D eigenvalue weighted by Crippen LogP contribution is -2.19. The van der Waals surface area contributed by atoms with Gasteiger partial charge in [0.1, 0.15) is 6.61 Å². The maximum absolute atomic E-state index is 11.7. The maximum atomic E-state index is 11.7. The number of ether oxygens (including phenoxy) is 1. The summed E-state index contributed by atoms with van der Waals surface area (Å²) in [4.78, 5) is 10.8. The van der Waals surface area contributed by atoms with Gasteiger partial charge < -0.3 is 9.84 Å². The summed E-state index contributed by atoms with van der Waals surface area (Å²) < 4.78 is 39.6. The molecule has 17 heavy (non-hydrogen) atoms. The standard InChI is InChI=1S/C11H19F3O3/c1-8(2)6-9(10(15)16)4-3-5-17-7-11(12,13)14/h8-9H,3-7H2,1-2H3,(H,15,16). The van der Waals surface area contributed by atoms with E-state index in [0.717, 1.165) is 0 Å². The topological polar surface area (TPSA) is 46.5 Å². The van der Waals surface area contributed by atoms with Gasteiger partial charge in [0.15, 0.2) is 0 Å². The molecule has 0 heterocycles. The van der Waals surface area contributed by atoms with Crippen LogP contribution in [0.5, 0.6) is 0 Å². The van der Waals surface area contributed by atoms with Gasteiger partial charge in [-0.25, -0.2) is 0 Å². The highest BCUT2D eigenvalue weighted by Gasteiger charge is 2.27. The van der Waals surface area contributed by atoms with Crippen molar-refractivity contribution in [2.24, 2.45) is 11.8 Å². The van der Waals surface area contributed by atoms with E-state index in [9.17, 15) is 18.0 Å². The Labute approximate surface area is 99.0 Å². The lowest BCUT2D eigenvalue weighted by molar-refractivity contribution is -0.174. The molecule has 0 amide bonds. The number of halogens is 3. The predicted molar refractivity (Wildman–Crippen MR) is 56.7 cm³/mol. The van der Waals surface area contributed by atoms with Crippen LogP contribution in [-0.2, 0) is 9.53 Å². The Morgan fingerprint density at radius 3 is 2.35 bits per heavy atom. The number of hydrogen-bond donors (Lipinski definition) is 1. The summed E-state index contributed by atoms with van der Waals surface area (Å²) in [5.74, 6) is -1.13. The Balaban J connectivity index is 3.72. The van der Waals surface area contributed by atoms with Crippen molar-refractivity contribution >= 4 is 5.97 Å². The van der Waals surface area contributed by atoms with Gasteiger partial charge in [0.25, 0.3) is 0 Å². The van der Waals surface area contributed by atoms with Crippen molar-refractivity contribution in [1.29, 1.82) is 0 Å². The van der Waals surface area contributed by atoms with Crippen LogP contribution < -0.4 is 0 Å². The molecule has 0 rings (SSSR count). The molecule has 0 aliphatic carbocycles.